The van der Waals surface area contributed by atoms with Crippen LogP contribution in [0.3, 0.4) is 0 Å². The minimum Gasteiger partial charge on any atom is -0.495 e. The first-order chi connectivity index (χ1) is 9.76. The van der Waals surface area contributed by atoms with Crippen molar-refractivity contribution in [2.75, 3.05) is 13.7 Å². The molecule has 1 N–H and O–H groups in total. The zero-order chi connectivity index (χ0) is 14.4. The molecule has 2 aromatic rings. The molecule has 1 unspecified atom stereocenters. The van der Waals surface area contributed by atoms with Crippen molar-refractivity contribution in [3.63, 3.8) is 0 Å². The van der Waals surface area contributed by atoms with Gasteiger partial charge in [0.1, 0.15) is 11.6 Å². The van der Waals surface area contributed by atoms with Gasteiger partial charge in [0.15, 0.2) is 0 Å². The summed E-state index contributed by atoms with van der Waals surface area (Å²) in [5.74, 6) is 0.528. The molecule has 3 nitrogen and oxygen atoms in total. The van der Waals surface area contributed by atoms with Crippen LogP contribution in [0.15, 0.2) is 42.6 Å². The number of benzene rings is 1. The highest BCUT2D eigenvalue weighted by Crippen LogP contribution is 2.26. The number of hydrogen-bond donors (Lipinski definition) is 1. The lowest BCUT2D eigenvalue weighted by atomic mass is 10.0. The smallest absolute Gasteiger partial charge is 0.141 e. The third-order valence-corrected chi connectivity index (χ3v) is 3.18. The van der Waals surface area contributed by atoms with Crippen molar-refractivity contribution < 1.29 is 9.13 Å². The van der Waals surface area contributed by atoms with Gasteiger partial charge in [-0.05, 0) is 36.7 Å². The summed E-state index contributed by atoms with van der Waals surface area (Å²) in [5, 5.41) is 3.34. The van der Waals surface area contributed by atoms with Gasteiger partial charge in [0.25, 0.3) is 0 Å². The number of ether oxygens (including phenoxy) is 1. The summed E-state index contributed by atoms with van der Waals surface area (Å²) >= 11 is 0. The van der Waals surface area contributed by atoms with Crippen LogP contribution < -0.4 is 10.1 Å². The third-order valence-electron chi connectivity index (χ3n) is 3.18. The molecule has 4 heteroatoms. The quantitative estimate of drug-likeness (QED) is 0.878. The lowest BCUT2D eigenvalue weighted by molar-refractivity contribution is 0.393. The molecular weight excluding hydrogens is 255 g/mol. The van der Waals surface area contributed by atoms with E-state index in [2.05, 4.69) is 10.3 Å². The van der Waals surface area contributed by atoms with Gasteiger partial charge < -0.3 is 10.1 Å². The number of methoxy groups -OCH3 is 1. The van der Waals surface area contributed by atoms with Gasteiger partial charge in [-0.1, -0.05) is 25.1 Å². The lowest BCUT2D eigenvalue weighted by Gasteiger charge is -2.20. The number of aromatic nitrogens is 1. The predicted molar refractivity (Wildman–Crippen MR) is 77.3 cm³/mol. The molecule has 1 aromatic carbocycles. The van der Waals surface area contributed by atoms with Gasteiger partial charge in [0, 0.05) is 6.20 Å². The third kappa shape index (κ3) is 3.33. The molecule has 1 atom stereocenters. The number of rotatable bonds is 6. The zero-order valence-corrected chi connectivity index (χ0v) is 11.8. The van der Waals surface area contributed by atoms with Gasteiger partial charge in [-0.3, -0.25) is 4.98 Å². The Hall–Kier alpha value is -1.94. The Morgan fingerprint density at radius 2 is 2.05 bits per heavy atom. The van der Waals surface area contributed by atoms with Gasteiger partial charge >= 0.3 is 0 Å². The van der Waals surface area contributed by atoms with Crippen LogP contribution >= 0.6 is 0 Å². The molecule has 0 aliphatic heterocycles. The molecule has 0 fully saturated rings. The molecule has 0 spiro atoms. The van der Waals surface area contributed by atoms with Crippen molar-refractivity contribution in [1.29, 1.82) is 0 Å². The molecule has 20 heavy (non-hydrogen) atoms. The van der Waals surface area contributed by atoms with Gasteiger partial charge in [0.05, 0.1) is 18.8 Å². The minimum atomic E-state index is -0.190. The first-order valence-electron chi connectivity index (χ1n) is 6.72. The Labute approximate surface area is 118 Å². The van der Waals surface area contributed by atoms with E-state index in [-0.39, 0.29) is 11.9 Å². The van der Waals surface area contributed by atoms with Crippen LogP contribution in [-0.2, 0) is 6.42 Å². The van der Waals surface area contributed by atoms with E-state index >= 15 is 0 Å². The van der Waals surface area contributed by atoms with E-state index in [9.17, 15) is 4.39 Å². The number of pyridine rings is 1. The van der Waals surface area contributed by atoms with Crippen LogP contribution in [0.4, 0.5) is 4.39 Å². The van der Waals surface area contributed by atoms with E-state index in [1.165, 1.54) is 6.07 Å². The summed E-state index contributed by atoms with van der Waals surface area (Å²) in [6, 6.07) is 10.4. The molecule has 1 heterocycles. The number of nitrogens with zero attached hydrogens (tertiary/aromatic N) is 1. The highest BCUT2D eigenvalue weighted by molar-refractivity contribution is 5.31. The molecule has 0 aliphatic carbocycles. The largest absolute Gasteiger partial charge is 0.495 e. The van der Waals surface area contributed by atoms with Crippen molar-refractivity contribution in [3.05, 3.63) is 59.7 Å². The van der Waals surface area contributed by atoms with Crippen LogP contribution in [-0.4, -0.2) is 18.6 Å². The maximum atomic E-state index is 13.8. The highest BCUT2D eigenvalue weighted by atomic mass is 19.1. The molecule has 1 aromatic heterocycles. The molecule has 0 saturated heterocycles. The molecule has 106 valence electrons. The Bertz CT molecular complexity index is 560. The summed E-state index contributed by atoms with van der Waals surface area (Å²) in [6.07, 6.45) is 2.26. The first-order valence-corrected chi connectivity index (χ1v) is 6.72. The Morgan fingerprint density at radius 3 is 2.75 bits per heavy atom. The predicted octanol–water partition coefficient (Wildman–Crippen LogP) is 3.12. The Morgan fingerprint density at radius 1 is 1.25 bits per heavy atom. The lowest BCUT2D eigenvalue weighted by Crippen LogP contribution is -2.24. The highest BCUT2D eigenvalue weighted by Gasteiger charge is 2.18. The molecule has 0 aliphatic rings. The SMILES string of the molecule is CCNC(Cc1ccccc1F)c1ncccc1OC. The summed E-state index contributed by atoms with van der Waals surface area (Å²) < 4.78 is 19.2. The van der Waals surface area contributed by atoms with Gasteiger partial charge in [-0.2, -0.15) is 0 Å². The normalized spacial score (nSPS) is 12.2. The van der Waals surface area contributed by atoms with Crippen molar-refractivity contribution in [2.24, 2.45) is 0 Å². The van der Waals surface area contributed by atoms with Gasteiger partial charge in [-0.15, -0.1) is 0 Å². The fraction of sp³-hybridized carbons (Fsp3) is 0.312. The second-order valence-electron chi connectivity index (χ2n) is 4.50. The average molecular weight is 274 g/mol. The first kappa shape index (κ1) is 14.5. The minimum absolute atomic E-state index is 0.0759. The topological polar surface area (TPSA) is 34.2 Å². The zero-order valence-electron chi connectivity index (χ0n) is 11.8. The maximum Gasteiger partial charge on any atom is 0.141 e. The van der Waals surface area contributed by atoms with Gasteiger partial charge in [0.2, 0.25) is 0 Å². The summed E-state index contributed by atoms with van der Waals surface area (Å²) in [5.41, 5.74) is 1.48. The molecule has 0 saturated carbocycles. The van der Waals surface area contributed by atoms with Crippen molar-refractivity contribution in [2.45, 2.75) is 19.4 Å². The van der Waals surface area contributed by atoms with E-state index in [0.717, 1.165) is 18.0 Å². The summed E-state index contributed by atoms with van der Waals surface area (Å²) in [6.45, 7) is 2.79. The second-order valence-corrected chi connectivity index (χ2v) is 4.50. The molecule has 0 bridgehead atoms. The van der Waals surface area contributed by atoms with E-state index in [4.69, 9.17) is 4.74 Å². The summed E-state index contributed by atoms with van der Waals surface area (Å²) in [4.78, 5) is 4.38. The van der Waals surface area contributed by atoms with Crippen LogP contribution in [0.1, 0.15) is 24.2 Å². The van der Waals surface area contributed by atoms with E-state index < -0.39 is 0 Å². The van der Waals surface area contributed by atoms with Crippen LogP contribution in [0, 0.1) is 5.82 Å². The van der Waals surface area contributed by atoms with E-state index in [1.807, 2.05) is 25.1 Å². The number of likely N-dealkylation sites (N-methyl/N-ethyl adjacent to an activating group) is 1. The maximum absolute atomic E-state index is 13.8. The monoisotopic (exact) mass is 274 g/mol. The molecule has 0 radical (unpaired) electrons. The molecular formula is C16H19FN2O. The molecule has 0 amide bonds. The van der Waals surface area contributed by atoms with Crippen LogP contribution in [0.2, 0.25) is 0 Å². The van der Waals surface area contributed by atoms with Crippen LogP contribution in [0.25, 0.3) is 0 Å². The van der Waals surface area contributed by atoms with E-state index in [0.29, 0.717) is 12.0 Å². The number of nitrogens with one attached hydrogen (secondary N) is 1. The van der Waals surface area contributed by atoms with Crippen molar-refractivity contribution in [3.8, 4) is 5.75 Å². The number of hydrogen-bond acceptors (Lipinski definition) is 3. The molecule has 2 rings (SSSR count). The Kier molecular flexibility index (Phi) is 5.07. The standard InChI is InChI=1S/C16H19FN2O/c1-3-18-14(11-12-7-4-5-8-13(12)17)16-15(20-2)9-6-10-19-16/h4-10,14,18H,3,11H2,1-2H3. The average Bonchev–Trinajstić information content (AvgIpc) is 2.49. The summed E-state index contributed by atoms with van der Waals surface area (Å²) in [7, 11) is 1.62. The van der Waals surface area contributed by atoms with E-state index in [1.54, 1.807) is 25.4 Å². The Balaban J connectivity index is 2.29. The number of halogens is 1. The van der Waals surface area contributed by atoms with Crippen molar-refractivity contribution in [1.82, 2.24) is 10.3 Å². The second kappa shape index (κ2) is 7.01. The fourth-order valence-electron chi connectivity index (χ4n) is 2.23. The van der Waals surface area contributed by atoms with Crippen LogP contribution in [0.5, 0.6) is 5.75 Å². The fourth-order valence-corrected chi connectivity index (χ4v) is 2.23. The van der Waals surface area contributed by atoms with Crippen molar-refractivity contribution >= 4 is 0 Å². The van der Waals surface area contributed by atoms with Gasteiger partial charge in [-0.25, -0.2) is 4.39 Å².